The average molecular weight is 469 g/mol. The number of hydrogen-bond donors (Lipinski definition) is 0. The number of hydrogen-bond acceptors (Lipinski definition) is 4. The third-order valence-electron chi connectivity index (χ3n) is 7.56. The average Bonchev–Trinajstić information content (AvgIpc) is 3.41. The second-order valence-corrected chi connectivity index (χ2v) is 11.1. The molecule has 0 fully saturated rings. The summed E-state index contributed by atoms with van der Waals surface area (Å²) in [4.78, 5) is 10.9. The van der Waals surface area contributed by atoms with Crippen LogP contribution in [0.15, 0.2) is 52.9 Å². The summed E-state index contributed by atoms with van der Waals surface area (Å²) in [6.45, 7) is 8.18. The van der Waals surface area contributed by atoms with Gasteiger partial charge in [-0.2, -0.15) is 0 Å². The Morgan fingerprint density at radius 3 is 2.65 bits per heavy atom. The van der Waals surface area contributed by atoms with Crippen molar-refractivity contribution in [3.8, 4) is 11.5 Å². The van der Waals surface area contributed by atoms with Crippen molar-refractivity contribution in [2.45, 2.75) is 65.5 Å². The van der Waals surface area contributed by atoms with Crippen molar-refractivity contribution in [3.63, 3.8) is 0 Å². The molecule has 2 aliphatic rings. The second-order valence-electron chi connectivity index (χ2n) is 9.93. The van der Waals surface area contributed by atoms with Crippen LogP contribution < -0.4 is 0 Å². The van der Waals surface area contributed by atoms with E-state index in [-0.39, 0.29) is 0 Å². The molecule has 0 spiro atoms. The van der Waals surface area contributed by atoms with Crippen LogP contribution >= 0.6 is 11.3 Å². The van der Waals surface area contributed by atoms with Crippen LogP contribution in [-0.2, 0) is 25.8 Å². The fourth-order valence-corrected chi connectivity index (χ4v) is 7.32. The molecule has 0 saturated heterocycles. The van der Waals surface area contributed by atoms with Gasteiger partial charge >= 0.3 is 0 Å². The fraction of sp³-hybridized carbons (Fsp3) is 0.367. The maximum Gasteiger partial charge on any atom is 0.226 e. The van der Waals surface area contributed by atoms with Gasteiger partial charge in [0.1, 0.15) is 5.76 Å². The molecule has 4 aromatic rings. The highest BCUT2D eigenvalue weighted by molar-refractivity contribution is 7.12. The molecule has 0 unspecified atom stereocenters. The number of nitrogens with zero attached hydrogens (tertiary/aromatic N) is 2. The number of fused-ring (bicyclic) bond motifs is 3. The Morgan fingerprint density at radius 2 is 1.79 bits per heavy atom. The molecule has 6 rings (SSSR count). The predicted molar refractivity (Wildman–Crippen MR) is 140 cm³/mol. The van der Waals surface area contributed by atoms with E-state index >= 15 is 0 Å². The van der Waals surface area contributed by atoms with Crippen molar-refractivity contribution in [1.82, 2.24) is 9.88 Å². The van der Waals surface area contributed by atoms with Gasteiger partial charge in [0, 0.05) is 28.4 Å². The van der Waals surface area contributed by atoms with Gasteiger partial charge in [0.15, 0.2) is 0 Å². The number of thiophene rings is 1. The molecule has 0 saturated carbocycles. The minimum Gasteiger partial charge on any atom is -0.441 e. The van der Waals surface area contributed by atoms with Crippen molar-refractivity contribution in [2.24, 2.45) is 0 Å². The number of benzene rings is 2. The lowest BCUT2D eigenvalue weighted by Gasteiger charge is -2.36. The van der Waals surface area contributed by atoms with Crippen LogP contribution in [0.25, 0.3) is 11.5 Å². The van der Waals surface area contributed by atoms with Crippen LogP contribution in [0.5, 0.6) is 0 Å². The lowest BCUT2D eigenvalue weighted by Crippen LogP contribution is -2.35. The molecule has 1 aliphatic carbocycles. The van der Waals surface area contributed by atoms with E-state index in [0.717, 1.165) is 42.4 Å². The van der Waals surface area contributed by atoms with Gasteiger partial charge in [-0.1, -0.05) is 48.0 Å². The first kappa shape index (κ1) is 21.8. The third kappa shape index (κ3) is 3.83. The lowest BCUT2D eigenvalue weighted by atomic mass is 9.88. The summed E-state index contributed by atoms with van der Waals surface area (Å²) in [5, 5.41) is 0. The zero-order valence-electron chi connectivity index (χ0n) is 20.4. The molecule has 1 atom stereocenters. The van der Waals surface area contributed by atoms with Crippen LogP contribution in [0.1, 0.15) is 67.9 Å². The van der Waals surface area contributed by atoms with E-state index in [9.17, 15) is 0 Å². The van der Waals surface area contributed by atoms with Crippen LogP contribution in [0.2, 0.25) is 0 Å². The van der Waals surface area contributed by atoms with Gasteiger partial charge in [-0.25, -0.2) is 4.98 Å². The smallest absolute Gasteiger partial charge is 0.226 e. The highest BCUT2D eigenvalue weighted by Gasteiger charge is 2.34. The highest BCUT2D eigenvalue weighted by atomic mass is 32.1. The van der Waals surface area contributed by atoms with E-state index in [4.69, 9.17) is 9.40 Å². The zero-order valence-corrected chi connectivity index (χ0v) is 21.2. The Kier molecular flexibility index (Phi) is 5.66. The molecule has 1 aliphatic heterocycles. The Morgan fingerprint density at radius 1 is 0.971 bits per heavy atom. The molecule has 2 aromatic heterocycles. The van der Waals surface area contributed by atoms with Gasteiger partial charge in [0.05, 0.1) is 11.7 Å². The third-order valence-corrected chi connectivity index (χ3v) is 8.95. The van der Waals surface area contributed by atoms with Crippen molar-refractivity contribution >= 4 is 11.3 Å². The summed E-state index contributed by atoms with van der Waals surface area (Å²) >= 11 is 2.08. The van der Waals surface area contributed by atoms with E-state index in [2.05, 4.69) is 85.5 Å². The molecular weight excluding hydrogens is 436 g/mol. The van der Waals surface area contributed by atoms with Gasteiger partial charge in [-0.05, 0) is 81.2 Å². The van der Waals surface area contributed by atoms with Crippen molar-refractivity contribution < 1.29 is 4.42 Å². The van der Waals surface area contributed by atoms with Gasteiger partial charge in [0.25, 0.3) is 0 Å². The first-order valence-corrected chi connectivity index (χ1v) is 13.4. The summed E-state index contributed by atoms with van der Waals surface area (Å²) in [5.74, 6) is 1.67. The minimum absolute atomic E-state index is 0.292. The van der Waals surface area contributed by atoms with Crippen LogP contribution in [0, 0.1) is 20.8 Å². The predicted octanol–water partition coefficient (Wildman–Crippen LogP) is 7.35. The Labute approximate surface area is 206 Å². The molecule has 0 amide bonds. The second kappa shape index (κ2) is 8.83. The van der Waals surface area contributed by atoms with Gasteiger partial charge in [-0.3, -0.25) is 4.90 Å². The molecule has 4 heteroatoms. The summed E-state index contributed by atoms with van der Waals surface area (Å²) in [6.07, 6.45) is 6.35. The zero-order chi connectivity index (χ0) is 23.2. The van der Waals surface area contributed by atoms with E-state index in [1.54, 1.807) is 20.9 Å². The molecule has 3 nitrogen and oxygen atoms in total. The van der Waals surface area contributed by atoms with Crippen LogP contribution in [0.4, 0.5) is 0 Å². The lowest BCUT2D eigenvalue weighted by molar-refractivity contribution is 0.204. The quantitative estimate of drug-likeness (QED) is 0.313. The molecule has 0 N–H and O–H groups in total. The molecule has 174 valence electrons. The largest absolute Gasteiger partial charge is 0.441 e. The summed E-state index contributed by atoms with van der Waals surface area (Å²) < 4.78 is 6.22. The van der Waals surface area contributed by atoms with Crippen molar-refractivity contribution in [2.75, 3.05) is 6.54 Å². The van der Waals surface area contributed by atoms with E-state index in [0.29, 0.717) is 6.04 Å². The first-order valence-electron chi connectivity index (χ1n) is 12.5. The van der Waals surface area contributed by atoms with Gasteiger partial charge in [0.2, 0.25) is 5.89 Å². The normalized spacial score (nSPS) is 18.0. The Bertz CT molecular complexity index is 1330. The SMILES string of the molecule is Cc1ccc(C)c(-c2nc(CN3CCc4c(sc5c4CCCC5)[C@H]3c3ccccc3)c(C)o2)c1. The fourth-order valence-electron chi connectivity index (χ4n) is 5.71. The number of aryl methyl sites for hydroxylation is 4. The summed E-state index contributed by atoms with van der Waals surface area (Å²) in [5.41, 5.74) is 9.31. The monoisotopic (exact) mass is 468 g/mol. The van der Waals surface area contributed by atoms with E-state index < -0.39 is 0 Å². The standard InChI is InChI=1S/C30H32N2OS/c1-19-13-14-20(2)25(17-19)30-31-26(21(3)33-30)18-32-16-15-24-23-11-7-8-12-27(23)34-29(24)28(32)22-9-5-4-6-10-22/h4-6,9-10,13-14,17,28H,7-8,11-12,15-16,18H2,1-3H3/t28-/m1/s1. The maximum absolute atomic E-state index is 6.22. The molecule has 0 bridgehead atoms. The van der Waals surface area contributed by atoms with Crippen molar-refractivity contribution in [1.29, 1.82) is 0 Å². The number of rotatable bonds is 4. The minimum atomic E-state index is 0.292. The molecule has 2 aromatic carbocycles. The Hall–Kier alpha value is -2.69. The summed E-state index contributed by atoms with van der Waals surface area (Å²) in [7, 11) is 0. The number of aromatic nitrogens is 1. The first-order chi connectivity index (χ1) is 16.6. The van der Waals surface area contributed by atoms with E-state index in [1.807, 2.05) is 0 Å². The Balaban J connectivity index is 1.37. The number of oxazole rings is 1. The van der Waals surface area contributed by atoms with Crippen LogP contribution in [-0.4, -0.2) is 16.4 Å². The highest BCUT2D eigenvalue weighted by Crippen LogP contribution is 2.45. The van der Waals surface area contributed by atoms with E-state index in [1.165, 1.54) is 42.4 Å². The van der Waals surface area contributed by atoms with Crippen molar-refractivity contribution in [3.05, 3.63) is 97.6 Å². The molecule has 3 heterocycles. The molecular formula is C30H32N2OS. The molecule has 34 heavy (non-hydrogen) atoms. The molecule has 0 radical (unpaired) electrons. The summed E-state index contributed by atoms with van der Waals surface area (Å²) in [6, 6.07) is 17.8. The van der Waals surface area contributed by atoms with Gasteiger partial charge in [-0.15, -0.1) is 11.3 Å². The topological polar surface area (TPSA) is 29.3 Å². The van der Waals surface area contributed by atoms with Gasteiger partial charge < -0.3 is 4.42 Å². The maximum atomic E-state index is 6.22. The van der Waals surface area contributed by atoms with Crippen LogP contribution in [0.3, 0.4) is 0 Å².